The fraction of sp³-hybridized carbons (Fsp3) is 0.520. The van der Waals surface area contributed by atoms with Gasteiger partial charge >= 0.3 is 0 Å². The van der Waals surface area contributed by atoms with Gasteiger partial charge in [0.1, 0.15) is 5.84 Å². The van der Waals surface area contributed by atoms with Crippen LogP contribution in [0.1, 0.15) is 62.4 Å². The number of amidine groups is 1. The van der Waals surface area contributed by atoms with E-state index in [9.17, 15) is 0 Å². The summed E-state index contributed by atoms with van der Waals surface area (Å²) in [4.78, 5) is 9.19. The number of aryl methyl sites for hydroxylation is 2. The summed E-state index contributed by atoms with van der Waals surface area (Å²) in [6.07, 6.45) is 12.0. The largest absolute Gasteiger partial charge is 0.371 e. The normalized spacial score (nSPS) is 24.5. The van der Waals surface area contributed by atoms with Crippen LogP contribution in [0.15, 0.2) is 42.1 Å². The zero-order valence-electron chi connectivity index (χ0n) is 18.2. The van der Waals surface area contributed by atoms with Gasteiger partial charge in [-0.3, -0.25) is 10.4 Å². The Kier molecular flexibility index (Phi) is 5.62. The minimum Gasteiger partial charge on any atom is -0.371 e. The molecule has 0 bridgehead atoms. The SMILES string of the molecule is C=C(c1cc(C)nc(C)c1)N1CCC(C2=CN(C3CCCCC3)C(=N)/C2=C\C)C1. The highest BCUT2D eigenvalue weighted by Gasteiger charge is 2.36. The van der Waals surface area contributed by atoms with Crippen molar-refractivity contribution in [2.24, 2.45) is 5.92 Å². The van der Waals surface area contributed by atoms with E-state index in [0.29, 0.717) is 17.8 Å². The molecule has 1 saturated heterocycles. The molecule has 29 heavy (non-hydrogen) atoms. The second-order valence-corrected chi connectivity index (χ2v) is 8.85. The number of aromatic nitrogens is 1. The molecule has 0 radical (unpaired) electrons. The second-order valence-electron chi connectivity index (χ2n) is 8.85. The third kappa shape index (κ3) is 3.90. The van der Waals surface area contributed by atoms with Crippen molar-refractivity contribution in [2.45, 2.75) is 65.3 Å². The maximum Gasteiger partial charge on any atom is 0.132 e. The zero-order valence-corrected chi connectivity index (χ0v) is 18.2. The van der Waals surface area contributed by atoms with Gasteiger partial charge in [0.25, 0.3) is 0 Å². The minimum atomic E-state index is 0.468. The summed E-state index contributed by atoms with van der Waals surface area (Å²) in [7, 11) is 0. The molecule has 3 heterocycles. The van der Waals surface area contributed by atoms with Crippen molar-refractivity contribution in [3.8, 4) is 0 Å². The Balaban J connectivity index is 1.51. The van der Waals surface area contributed by atoms with E-state index in [-0.39, 0.29) is 0 Å². The van der Waals surface area contributed by atoms with Crippen molar-refractivity contribution < 1.29 is 0 Å². The molecule has 4 rings (SSSR count). The molecule has 1 N–H and O–H groups in total. The van der Waals surface area contributed by atoms with E-state index in [1.807, 2.05) is 13.8 Å². The molecule has 1 aromatic heterocycles. The number of nitrogens with zero attached hydrogens (tertiary/aromatic N) is 3. The van der Waals surface area contributed by atoms with E-state index in [1.54, 1.807) is 0 Å². The smallest absolute Gasteiger partial charge is 0.132 e. The first kappa shape index (κ1) is 19.9. The molecule has 1 unspecified atom stereocenters. The van der Waals surface area contributed by atoms with E-state index in [2.05, 4.69) is 52.7 Å². The second kappa shape index (κ2) is 8.17. The van der Waals surface area contributed by atoms with Crippen LogP contribution in [-0.4, -0.2) is 39.8 Å². The Hall–Kier alpha value is -2.36. The van der Waals surface area contributed by atoms with Crippen LogP contribution in [0.25, 0.3) is 5.70 Å². The molecule has 1 aliphatic carbocycles. The van der Waals surface area contributed by atoms with E-state index >= 15 is 0 Å². The van der Waals surface area contributed by atoms with E-state index in [0.717, 1.165) is 42.2 Å². The summed E-state index contributed by atoms with van der Waals surface area (Å²) in [6.45, 7) is 12.6. The van der Waals surface area contributed by atoms with Crippen LogP contribution < -0.4 is 0 Å². The Morgan fingerprint density at radius 1 is 1.14 bits per heavy atom. The third-order valence-electron chi connectivity index (χ3n) is 6.78. The lowest BCUT2D eigenvalue weighted by molar-refractivity contribution is 0.302. The summed E-state index contributed by atoms with van der Waals surface area (Å²) >= 11 is 0. The van der Waals surface area contributed by atoms with E-state index in [4.69, 9.17) is 5.41 Å². The topological polar surface area (TPSA) is 43.2 Å². The first-order chi connectivity index (χ1) is 14.0. The summed E-state index contributed by atoms with van der Waals surface area (Å²) in [5.74, 6) is 1.18. The number of allylic oxidation sites excluding steroid dienone is 1. The number of hydrogen-bond donors (Lipinski definition) is 1. The van der Waals surface area contributed by atoms with Gasteiger partial charge in [0, 0.05) is 59.5 Å². The molecule has 3 aliphatic rings. The molecule has 0 amide bonds. The Bertz CT molecular complexity index is 853. The van der Waals surface area contributed by atoms with Crippen molar-refractivity contribution in [3.05, 3.63) is 59.1 Å². The Morgan fingerprint density at radius 3 is 2.48 bits per heavy atom. The maximum absolute atomic E-state index is 8.78. The lowest BCUT2D eigenvalue weighted by Crippen LogP contribution is -2.34. The van der Waals surface area contributed by atoms with Crippen molar-refractivity contribution in [1.29, 1.82) is 5.41 Å². The molecular weight excluding hydrogens is 356 g/mol. The highest BCUT2D eigenvalue weighted by atomic mass is 15.2. The molecule has 1 aromatic rings. The summed E-state index contributed by atoms with van der Waals surface area (Å²) in [5.41, 5.74) is 6.87. The van der Waals surface area contributed by atoms with Gasteiger partial charge in [-0.2, -0.15) is 0 Å². The molecule has 2 aliphatic heterocycles. The highest BCUT2D eigenvalue weighted by Crippen LogP contribution is 2.39. The predicted octanol–water partition coefficient (Wildman–Crippen LogP) is 5.45. The molecule has 4 heteroatoms. The lowest BCUT2D eigenvalue weighted by Gasteiger charge is -2.31. The van der Waals surface area contributed by atoms with Crippen LogP contribution in [0.5, 0.6) is 0 Å². The average Bonchev–Trinajstić information content (AvgIpc) is 3.32. The molecular formula is C25H34N4. The van der Waals surface area contributed by atoms with Crippen LogP contribution in [-0.2, 0) is 0 Å². The van der Waals surface area contributed by atoms with Crippen LogP contribution in [0.4, 0.5) is 0 Å². The van der Waals surface area contributed by atoms with Gasteiger partial charge < -0.3 is 9.80 Å². The van der Waals surface area contributed by atoms with Gasteiger partial charge in [-0.05, 0) is 57.7 Å². The molecule has 0 aromatic carbocycles. The number of hydrogen-bond acceptors (Lipinski definition) is 3. The highest BCUT2D eigenvalue weighted by molar-refractivity contribution is 6.03. The van der Waals surface area contributed by atoms with Crippen molar-refractivity contribution in [2.75, 3.05) is 13.1 Å². The van der Waals surface area contributed by atoms with E-state index < -0.39 is 0 Å². The van der Waals surface area contributed by atoms with Gasteiger partial charge in [-0.1, -0.05) is 31.9 Å². The number of pyridine rings is 1. The van der Waals surface area contributed by atoms with Gasteiger partial charge in [-0.15, -0.1) is 0 Å². The van der Waals surface area contributed by atoms with Crippen molar-refractivity contribution >= 4 is 11.5 Å². The molecule has 0 spiro atoms. The summed E-state index contributed by atoms with van der Waals surface area (Å²) in [6, 6.07) is 4.78. The predicted molar refractivity (Wildman–Crippen MR) is 121 cm³/mol. The monoisotopic (exact) mass is 390 g/mol. The molecule has 1 saturated carbocycles. The van der Waals surface area contributed by atoms with Gasteiger partial charge in [0.05, 0.1) is 0 Å². The van der Waals surface area contributed by atoms with Crippen LogP contribution >= 0.6 is 0 Å². The van der Waals surface area contributed by atoms with Crippen LogP contribution in [0.2, 0.25) is 0 Å². The molecule has 2 fully saturated rings. The van der Waals surface area contributed by atoms with Gasteiger partial charge in [0.15, 0.2) is 0 Å². The van der Waals surface area contributed by atoms with Crippen LogP contribution in [0, 0.1) is 25.2 Å². The van der Waals surface area contributed by atoms with Gasteiger partial charge in [0.2, 0.25) is 0 Å². The third-order valence-corrected chi connectivity index (χ3v) is 6.78. The number of nitrogens with one attached hydrogen (secondary N) is 1. The van der Waals surface area contributed by atoms with Crippen molar-refractivity contribution in [1.82, 2.24) is 14.8 Å². The molecule has 4 nitrogen and oxygen atoms in total. The molecule has 1 atom stereocenters. The Labute approximate surface area is 175 Å². The molecule has 154 valence electrons. The fourth-order valence-corrected chi connectivity index (χ4v) is 5.28. The number of likely N-dealkylation sites (tertiary alicyclic amines) is 1. The minimum absolute atomic E-state index is 0.468. The van der Waals surface area contributed by atoms with Crippen molar-refractivity contribution in [3.63, 3.8) is 0 Å². The zero-order chi connectivity index (χ0) is 20.5. The lowest BCUT2D eigenvalue weighted by atomic mass is 9.93. The maximum atomic E-state index is 8.78. The van der Waals surface area contributed by atoms with Crippen LogP contribution in [0.3, 0.4) is 0 Å². The summed E-state index contributed by atoms with van der Waals surface area (Å²) < 4.78 is 0. The quantitative estimate of drug-likeness (QED) is 0.744. The fourth-order valence-electron chi connectivity index (χ4n) is 5.28. The average molecular weight is 391 g/mol. The first-order valence-electron chi connectivity index (χ1n) is 11.1. The number of rotatable bonds is 4. The standard InChI is InChI=1S/C25H34N4/c1-5-23-24(16-29(25(23)26)22-9-7-6-8-10-22)20-11-12-28(15-20)19(4)21-13-17(2)27-18(3)14-21/h5,13-14,16,20,22,26H,4,6-12,15H2,1-3H3/b23-5-,26-25?. The Morgan fingerprint density at radius 2 is 1.83 bits per heavy atom. The van der Waals surface area contributed by atoms with E-state index in [1.165, 1.54) is 43.2 Å². The van der Waals surface area contributed by atoms with Gasteiger partial charge in [-0.25, -0.2) is 0 Å². The first-order valence-corrected chi connectivity index (χ1v) is 11.1. The summed E-state index contributed by atoms with van der Waals surface area (Å²) in [5, 5.41) is 8.78.